The zero-order valence-corrected chi connectivity index (χ0v) is 7.49. The van der Waals surface area contributed by atoms with E-state index in [1.807, 2.05) is 0 Å². The molecule has 0 aliphatic rings. The Morgan fingerprint density at radius 3 is 2.86 bits per heavy atom. The summed E-state index contributed by atoms with van der Waals surface area (Å²) in [6, 6.07) is 6.43. The molecule has 0 aliphatic carbocycles. The van der Waals surface area contributed by atoms with Gasteiger partial charge < -0.3 is 10.5 Å². The minimum Gasteiger partial charge on any atom is -0.435 e. The third kappa shape index (κ3) is 3.53. The Labute approximate surface area is 81.0 Å². The molecule has 0 heterocycles. The topological polar surface area (TPSA) is 35.2 Å². The van der Waals surface area contributed by atoms with Gasteiger partial charge in [-0.1, -0.05) is 24.3 Å². The predicted octanol–water partition coefficient (Wildman–Crippen LogP) is 2.26. The van der Waals surface area contributed by atoms with E-state index in [0.717, 1.165) is 5.56 Å². The summed E-state index contributed by atoms with van der Waals surface area (Å²) in [6.07, 6.45) is 3.49. The third-order valence-electron chi connectivity index (χ3n) is 1.53. The van der Waals surface area contributed by atoms with Gasteiger partial charge in [0.1, 0.15) is 5.75 Å². The second-order valence-electron chi connectivity index (χ2n) is 2.59. The Hall–Kier alpha value is -1.42. The highest BCUT2D eigenvalue weighted by Gasteiger charge is 2.03. The number of ether oxygens (including phenoxy) is 1. The molecule has 1 aromatic carbocycles. The molecule has 0 atom stereocenters. The standard InChI is InChI=1S/C10H11F2NO/c11-10(12)14-9-5-1-3-8(7-9)4-2-6-13/h1-5,7,10H,6,13H2/b4-2+. The molecule has 14 heavy (non-hydrogen) atoms. The smallest absolute Gasteiger partial charge is 0.387 e. The van der Waals surface area contributed by atoms with Gasteiger partial charge in [0, 0.05) is 6.54 Å². The number of benzene rings is 1. The van der Waals surface area contributed by atoms with E-state index in [4.69, 9.17) is 5.73 Å². The summed E-state index contributed by atoms with van der Waals surface area (Å²) >= 11 is 0. The molecular weight excluding hydrogens is 188 g/mol. The quantitative estimate of drug-likeness (QED) is 0.807. The molecule has 0 saturated heterocycles. The maximum atomic E-state index is 11.8. The van der Waals surface area contributed by atoms with Crippen LogP contribution in [0.1, 0.15) is 5.56 Å². The monoisotopic (exact) mass is 199 g/mol. The first-order valence-electron chi connectivity index (χ1n) is 4.14. The van der Waals surface area contributed by atoms with E-state index in [9.17, 15) is 8.78 Å². The predicted molar refractivity (Wildman–Crippen MR) is 51.2 cm³/mol. The Morgan fingerprint density at radius 2 is 2.21 bits per heavy atom. The molecule has 0 spiro atoms. The summed E-state index contributed by atoms with van der Waals surface area (Å²) in [4.78, 5) is 0. The van der Waals surface area contributed by atoms with Crippen LogP contribution in [0, 0.1) is 0 Å². The van der Waals surface area contributed by atoms with Crippen molar-refractivity contribution in [3.63, 3.8) is 0 Å². The molecule has 76 valence electrons. The van der Waals surface area contributed by atoms with E-state index < -0.39 is 6.61 Å². The second-order valence-corrected chi connectivity index (χ2v) is 2.59. The Bertz CT molecular complexity index is 313. The number of alkyl halides is 2. The molecule has 0 aliphatic heterocycles. The van der Waals surface area contributed by atoms with Crippen molar-refractivity contribution in [1.82, 2.24) is 0 Å². The first kappa shape index (κ1) is 10.7. The minimum atomic E-state index is -2.79. The number of hydrogen-bond acceptors (Lipinski definition) is 2. The summed E-state index contributed by atoms with van der Waals surface area (Å²) in [5.74, 6) is 0.152. The average molecular weight is 199 g/mol. The van der Waals surface area contributed by atoms with Crippen molar-refractivity contribution in [1.29, 1.82) is 0 Å². The van der Waals surface area contributed by atoms with Crippen molar-refractivity contribution >= 4 is 6.08 Å². The molecule has 2 N–H and O–H groups in total. The molecule has 4 heteroatoms. The molecule has 1 rings (SSSR count). The van der Waals surface area contributed by atoms with Gasteiger partial charge in [-0.2, -0.15) is 8.78 Å². The van der Waals surface area contributed by atoms with Crippen LogP contribution in [0.25, 0.3) is 6.08 Å². The lowest BCUT2D eigenvalue weighted by atomic mass is 10.2. The van der Waals surface area contributed by atoms with Crippen LogP contribution in [-0.4, -0.2) is 13.2 Å². The number of halogens is 2. The summed E-state index contributed by atoms with van der Waals surface area (Å²) in [6.45, 7) is -2.37. The minimum absolute atomic E-state index is 0.152. The number of nitrogens with two attached hydrogens (primary N) is 1. The normalized spacial score (nSPS) is 11.1. The van der Waals surface area contributed by atoms with Gasteiger partial charge in [-0.3, -0.25) is 0 Å². The van der Waals surface area contributed by atoms with Crippen LogP contribution < -0.4 is 10.5 Å². The third-order valence-corrected chi connectivity index (χ3v) is 1.53. The molecule has 0 unspecified atom stereocenters. The van der Waals surface area contributed by atoms with Gasteiger partial charge in [-0.05, 0) is 17.7 Å². The molecule has 0 radical (unpaired) electrons. The van der Waals surface area contributed by atoms with Gasteiger partial charge in [0.25, 0.3) is 0 Å². The first-order valence-corrected chi connectivity index (χ1v) is 4.14. The van der Waals surface area contributed by atoms with Crippen molar-refractivity contribution in [3.05, 3.63) is 35.9 Å². The van der Waals surface area contributed by atoms with Crippen LogP contribution in [-0.2, 0) is 0 Å². The molecule has 0 saturated carbocycles. The molecule has 2 nitrogen and oxygen atoms in total. The molecular formula is C10H11F2NO. The van der Waals surface area contributed by atoms with Gasteiger partial charge in [-0.15, -0.1) is 0 Å². The van der Waals surface area contributed by atoms with Crippen molar-refractivity contribution in [3.8, 4) is 5.75 Å². The fraction of sp³-hybridized carbons (Fsp3) is 0.200. The Balaban J connectivity index is 2.73. The lowest BCUT2D eigenvalue weighted by molar-refractivity contribution is -0.0498. The highest BCUT2D eigenvalue weighted by molar-refractivity contribution is 5.51. The fourth-order valence-electron chi connectivity index (χ4n) is 0.999. The van der Waals surface area contributed by atoms with E-state index in [1.54, 1.807) is 24.3 Å². The van der Waals surface area contributed by atoms with E-state index in [1.165, 1.54) is 12.1 Å². The molecule has 0 amide bonds. The summed E-state index contributed by atoms with van der Waals surface area (Å²) in [5, 5.41) is 0. The Morgan fingerprint density at radius 1 is 1.43 bits per heavy atom. The highest BCUT2D eigenvalue weighted by atomic mass is 19.3. The maximum absolute atomic E-state index is 11.8. The summed E-state index contributed by atoms with van der Waals surface area (Å²) < 4.78 is 27.9. The maximum Gasteiger partial charge on any atom is 0.387 e. The van der Waals surface area contributed by atoms with E-state index in [-0.39, 0.29) is 5.75 Å². The number of hydrogen-bond donors (Lipinski definition) is 1. The lowest BCUT2D eigenvalue weighted by Gasteiger charge is -2.04. The SMILES string of the molecule is NC/C=C/c1cccc(OC(F)F)c1. The van der Waals surface area contributed by atoms with Crippen molar-refractivity contribution < 1.29 is 13.5 Å². The average Bonchev–Trinajstić information content (AvgIpc) is 2.14. The van der Waals surface area contributed by atoms with Crippen molar-refractivity contribution in [2.75, 3.05) is 6.54 Å². The molecule has 1 aromatic rings. The lowest BCUT2D eigenvalue weighted by Crippen LogP contribution is -2.01. The van der Waals surface area contributed by atoms with Gasteiger partial charge in [0.2, 0.25) is 0 Å². The van der Waals surface area contributed by atoms with Gasteiger partial charge in [0.15, 0.2) is 0 Å². The van der Waals surface area contributed by atoms with Crippen LogP contribution in [0.3, 0.4) is 0 Å². The van der Waals surface area contributed by atoms with Crippen LogP contribution in [0.5, 0.6) is 5.75 Å². The summed E-state index contributed by atoms with van der Waals surface area (Å²) in [5.41, 5.74) is 6.04. The zero-order chi connectivity index (χ0) is 10.4. The molecule has 0 fully saturated rings. The Kier molecular flexibility index (Phi) is 4.07. The first-order chi connectivity index (χ1) is 6.72. The van der Waals surface area contributed by atoms with E-state index >= 15 is 0 Å². The molecule has 0 aromatic heterocycles. The van der Waals surface area contributed by atoms with Crippen molar-refractivity contribution in [2.24, 2.45) is 5.73 Å². The van der Waals surface area contributed by atoms with Crippen LogP contribution >= 0.6 is 0 Å². The van der Waals surface area contributed by atoms with Gasteiger partial charge in [0.05, 0.1) is 0 Å². The van der Waals surface area contributed by atoms with Crippen LogP contribution in [0.2, 0.25) is 0 Å². The largest absolute Gasteiger partial charge is 0.435 e. The highest BCUT2D eigenvalue weighted by Crippen LogP contribution is 2.16. The van der Waals surface area contributed by atoms with Gasteiger partial charge >= 0.3 is 6.61 Å². The van der Waals surface area contributed by atoms with E-state index in [2.05, 4.69) is 4.74 Å². The molecule has 0 bridgehead atoms. The van der Waals surface area contributed by atoms with E-state index in [0.29, 0.717) is 6.54 Å². The second kappa shape index (κ2) is 5.34. The zero-order valence-electron chi connectivity index (χ0n) is 7.49. The summed E-state index contributed by atoms with van der Waals surface area (Å²) in [7, 11) is 0. The van der Waals surface area contributed by atoms with Crippen LogP contribution in [0.4, 0.5) is 8.78 Å². The van der Waals surface area contributed by atoms with Crippen LogP contribution in [0.15, 0.2) is 30.3 Å². The van der Waals surface area contributed by atoms with Gasteiger partial charge in [-0.25, -0.2) is 0 Å². The van der Waals surface area contributed by atoms with Crippen molar-refractivity contribution in [2.45, 2.75) is 6.61 Å². The fourth-order valence-corrected chi connectivity index (χ4v) is 0.999. The number of rotatable bonds is 4.